The van der Waals surface area contributed by atoms with Crippen molar-refractivity contribution in [3.05, 3.63) is 90.5 Å². The van der Waals surface area contributed by atoms with E-state index in [0.29, 0.717) is 5.92 Å². The molecule has 4 heteroatoms. The van der Waals surface area contributed by atoms with E-state index >= 15 is 0 Å². The lowest BCUT2D eigenvalue weighted by molar-refractivity contribution is 0.660. The maximum atomic E-state index is 4.41. The van der Waals surface area contributed by atoms with Crippen molar-refractivity contribution in [3.63, 3.8) is 0 Å². The molecule has 2 aromatic carbocycles. The van der Waals surface area contributed by atoms with Crippen LogP contribution in [-0.4, -0.2) is 14.8 Å². The molecule has 29 heavy (non-hydrogen) atoms. The number of aromatic nitrogens is 3. The molecular weight excluding hydrogens is 374 g/mol. The van der Waals surface area contributed by atoms with Gasteiger partial charge in [-0.25, -0.2) is 0 Å². The van der Waals surface area contributed by atoms with E-state index in [0.717, 1.165) is 23.4 Å². The minimum absolute atomic E-state index is 0.417. The Kier molecular flexibility index (Phi) is 5.81. The van der Waals surface area contributed by atoms with E-state index in [1.807, 2.05) is 17.1 Å². The van der Waals surface area contributed by atoms with E-state index < -0.39 is 0 Å². The number of nitrogens with zero attached hydrogens (tertiary/aromatic N) is 3. The van der Waals surface area contributed by atoms with Crippen LogP contribution in [0.3, 0.4) is 0 Å². The average Bonchev–Trinajstić information content (AvgIpc) is 3.23. The van der Waals surface area contributed by atoms with Crippen LogP contribution in [0.5, 0.6) is 0 Å². The van der Waals surface area contributed by atoms with E-state index in [-0.39, 0.29) is 0 Å². The minimum atomic E-state index is 0.417. The van der Waals surface area contributed by atoms with Crippen molar-refractivity contribution in [3.8, 4) is 22.3 Å². The number of pyridine rings is 1. The summed E-state index contributed by atoms with van der Waals surface area (Å²) < 4.78 is 1.96. The molecule has 4 rings (SSSR count). The van der Waals surface area contributed by atoms with Crippen LogP contribution in [-0.2, 0) is 13.0 Å². The summed E-state index contributed by atoms with van der Waals surface area (Å²) in [5.74, 6) is 0.417. The number of rotatable bonds is 6. The van der Waals surface area contributed by atoms with Crippen LogP contribution < -0.4 is 0 Å². The standard InChI is InChI=1S/C25H25N3S/c1-3-28-17-24(15-27-28)22-9-5-7-20(12-22)18(2)10-19-6-4-8-21(11-19)23-13-25(29)16-26-14-23/h4-9,11-18,29H,3,10H2,1-2H3. The zero-order valence-electron chi connectivity index (χ0n) is 16.8. The van der Waals surface area contributed by atoms with E-state index in [1.54, 1.807) is 6.20 Å². The van der Waals surface area contributed by atoms with Crippen molar-refractivity contribution in [1.29, 1.82) is 0 Å². The summed E-state index contributed by atoms with van der Waals surface area (Å²) in [6.45, 7) is 5.28. The van der Waals surface area contributed by atoms with Crippen LogP contribution in [0.1, 0.15) is 30.9 Å². The monoisotopic (exact) mass is 399 g/mol. The van der Waals surface area contributed by atoms with Crippen LogP contribution in [0.2, 0.25) is 0 Å². The van der Waals surface area contributed by atoms with E-state index in [4.69, 9.17) is 0 Å². The second-order valence-corrected chi connectivity index (χ2v) is 7.96. The Morgan fingerprint density at radius 1 is 0.897 bits per heavy atom. The third kappa shape index (κ3) is 4.60. The molecule has 2 heterocycles. The Bertz CT molecular complexity index is 1120. The second kappa shape index (κ2) is 8.66. The Labute approximate surface area is 177 Å². The number of thiol groups is 1. The fraction of sp³-hybridized carbons (Fsp3) is 0.200. The summed E-state index contributed by atoms with van der Waals surface area (Å²) in [6, 6.07) is 19.6. The quantitative estimate of drug-likeness (QED) is 0.388. The number of hydrogen-bond donors (Lipinski definition) is 1. The molecule has 0 radical (unpaired) electrons. The molecule has 3 nitrogen and oxygen atoms in total. The Morgan fingerprint density at radius 2 is 1.69 bits per heavy atom. The average molecular weight is 400 g/mol. The first-order chi connectivity index (χ1) is 14.1. The smallest absolute Gasteiger partial charge is 0.0568 e. The molecule has 0 N–H and O–H groups in total. The third-order valence-corrected chi connectivity index (χ3v) is 5.52. The first kappa shape index (κ1) is 19.5. The van der Waals surface area contributed by atoms with Crippen molar-refractivity contribution >= 4 is 12.6 Å². The van der Waals surface area contributed by atoms with Crippen molar-refractivity contribution in [2.24, 2.45) is 0 Å². The highest BCUT2D eigenvalue weighted by molar-refractivity contribution is 7.80. The fourth-order valence-electron chi connectivity index (χ4n) is 3.65. The molecule has 4 aromatic rings. The molecule has 1 unspecified atom stereocenters. The third-order valence-electron chi connectivity index (χ3n) is 5.27. The van der Waals surface area contributed by atoms with Gasteiger partial charge in [0.15, 0.2) is 0 Å². The van der Waals surface area contributed by atoms with Crippen LogP contribution in [0.4, 0.5) is 0 Å². The summed E-state index contributed by atoms with van der Waals surface area (Å²) >= 11 is 4.41. The first-order valence-electron chi connectivity index (χ1n) is 9.98. The molecule has 1 atom stereocenters. The number of benzene rings is 2. The van der Waals surface area contributed by atoms with Crippen molar-refractivity contribution in [2.45, 2.75) is 37.6 Å². The lowest BCUT2D eigenvalue weighted by Crippen LogP contribution is -1.99. The highest BCUT2D eigenvalue weighted by atomic mass is 32.1. The molecule has 2 aromatic heterocycles. The molecule has 0 spiro atoms. The van der Waals surface area contributed by atoms with E-state index in [9.17, 15) is 0 Å². The van der Waals surface area contributed by atoms with Crippen molar-refractivity contribution in [2.75, 3.05) is 0 Å². The molecule has 146 valence electrons. The molecule has 0 fully saturated rings. The fourth-order valence-corrected chi connectivity index (χ4v) is 3.85. The Hall–Kier alpha value is -2.85. The topological polar surface area (TPSA) is 30.7 Å². The van der Waals surface area contributed by atoms with Gasteiger partial charge in [0.1, 0.15) is 0 Å². The maximum absolute atomic E-state index is 4.41. The highest BCUT2D eigenvalue weighted by Crippen LogP contribution is 2.28. The molecule has 0 bridgehead atoms. The molecule has 0 aliphatic heterocycles. The number of aryl methyl sites for hydroxylation is 1. The van der Waals surface area contributed by atoms with Crippen molar-refractivity contribution in [1.82, 2.24) is 14.8 Å². The molecule has 0 aliphatic carbocycles. The van der Waals surface area contributed by atoms with Gasteiger partial charge >= 0.3 is 0 Å². The van der Waals surface area contributed by atoms with E-state index in [1.165, 1.54) is 27.8 Å². The minimum Gasteiger partial charge on any atom is -0.272 e. The second-order valence-electron chi connectivity index (χ2n) is 7.45. The van der Waals surface area contributed by atoms with Gasteiger partial charge in [-0.1, -0.05) is 55.5 Å². The predicted octanol–water partition coefficient (Wildman–Crippen LogP) is 6.27. The van der Waals surface area contributed by atoms with Gasteiger partial charge in [0.2, 0.25) is 0 Å². The SMILES string of the molecule is CCn1cc(-c2cccc(C(C)Cc3cccc(-c4cncc(S)c4)c3)c2)cn1. The lowest BCUT2D eigenvalue weighted by atomic mass is 9.91. The van der Waals surface area contributed by atoms with Gasteiger partial charge in [-0.2, -0.15) is 5.10 Å². The summed E-state index contributed by atoms with van der Waals surface area (Å²) in [6.07, 6.45) is 8.69. The van der Waals surface area contributed by atoms with Crippen molar-refractivity contribution < 1.29 is 0 Å². The van der Waals surface area contributed by atoms with Crippen LogP contribution in [0, 0.1) is 0 Å². The van der Waals surface area contributed by atoms with Gasteiger partial charge in [0.25, 0.3) is 0 Å². The largest absolute Gasteiger partial charge is 0.272 e. The van der Waals surface area contributed by atoms with Gasteiger partial charge in [0, 0.05) is 41.2 Å². The van der Waals surface area contributed by atoms with Crippen LogP contribution in [0.25, 0.3) is 22.3 Å². The normalized spacial score (nSPS) is 12.1. The highest BCUT2D eigenvalue weighted by Gasteiger charge is 2.10. The van der Waals surface area contributed by atoms with Crippen LogP contribution >= 0.6 is 12.6 Å². The zero-order chi connectivity index (χ0) is 20.2. The van der Waals surface area contributed by atoms with Crippen LogP contribution in [0.15, 0.2) is 84.3 Å². The molecule has 0 aliphatic rings. The van der Waals surface area contributed by atoms with E-state index in [2.05, 4.69) is 97.4 Å². The summed E-state index contributed by atoms with van der Waals surface area (Å²) in [7, 11) is 0. The lowest BCUT2D eigenvalue weighted by Gasteiger charge is -2.14. The zero-order valence-corrected chi connectivity index (χ0v) is 17.7. The molecule has 0 amide bonds. The first-order valence-corrected chi connectivity index (χ1v) is 10.4. The predicted molar refractivity (Wildman–Crippen MR) is 122 cm³/mol. The maximum Gasteiger partial charge on any atom is 0.0568 e. The van der Waals surface area contributed by atoms with Gasteiger partial charge in [-0.05, 0) is 47.6 Å². The summed E-state index contributed by atoms with van der Waals surface area (Å²) in [5.41, 5.74) is 7.34. The molecule has 0 saturated carbocycles. The van der Waals surface area contributed by atoms with Gasteiger partial charge < -0.3 is 0 Å². The van der Waals surface area contributed by atoms with Gasteiger partial charge in [0.05, 0.1) is 6.20 Å². The summed E-state index contributed by atoms with van der Waals surface area (Å²) in [5, 5.41) is 4.40. The van der Waals surface area contributed by atoms with Gasteiger partial charge in [-0.3, -0.25) is 9.67 Å². The Balaban J connectivity index is 1.54. The molecular formula is C25H25N3S. The molecule has 0 saturated heterocycles. The summed E-state index contributed by atoms with van der Waals surface area (Å²) in [4.78, 5) is 5.14. The number of hydrogen-bond acceptors (Lipinski definition) is 3. The van der Waals surface area contributed by atoms with Gasteiger partial charge in [-0.15, -0.1) is 12.6 Å². The Morgan fingerprint density at radius 3 is 2.45 bits per heavy atom.